The Morgan fingerprint density at radius 2 is 1.36 bits per heavy atom. The van der Waals surface area contributed by atoms with Crippen LogP contribution in [0.1, 0.15) is 52.0 Å². The Morgan fingerprint density at radius 3 is 1.91 bits per heavy atom. The molecular formula is C19H18O3. The zero-order valence-electron chi connectivity index (χ0n) is 12.3. The molecule has 1 aliphatic rings. The largest absolute Gasteiger partial charge is 0.478 e. The van der Waals surface area contributed by atoms with Crippen LogP contribution < -0.4 is 0 Å². The molecule has 0 atom stereocenters. The zero-order valence-corrected chi connectivity index (χ0v) is 12.3. The van der Waals surface area contributed by atoms with Gasteiger partial charge < -0.3 is 5.11 Å². The predicted molar refractivity (Wildman–Crippen MR) is 84.3 cm³/mol. The van der Waals surface area contributed by atoms with Gasteiger partial charge in [0.25, 0.3) is 0 Å². The fourth-order valence-corrected chi connectivity index (χ4v) is 3.42. The lowest BCUT2D eigenvalue weighted by Crippen LogP contribution is -2.33. The summed E-state index contributed by atoms with van der Waals surface area (Å²) in [6.07, 6.45) is 3.81. The zero-order chi connectivity index (χ0) is 15.6. The highest BCUT2D eigenvalue weighted by atomic mass is 16.4. The standard InChI is InChI=1S/C19H18O3/c20-17(14-8-10-15(11-9-14)18(21)22)19(12-4-5-13-19)16-6-2-1-3-7-16/h1-3,6-11H,4-5,12-13H2,(H,21,22). The van der Waals surface area contributed by atoms with Crippen LogP contribution in [-0.4, -0.2) is 16.9 Å². The Labute approximate surface area is 129 Å². The number of carboxylic acids is 1. The van der Waals surface area contributed by atoms with Crippen LogP contribution in [-0.2, 0) is 5.41 Å². The Morgan fingerprint density at radius 1 is 0.818 bits per heavy atom. The number of ketones is 1. The van der Waals surface area contributed by atoms with Gasteiger partial charge in [-0.25, -0.2) is 4.79 Å². The van der Waals surface area contributed by atoms with E-state index < -0.39 is 11.4 Å². The Balaban J connectivity index is 1.99. The van der Waals surface area contributed by atoms with E-state index in [9.17, 15) is 9.59 Å². The smallest absolute Gasteiger partial charge is 0.335 e. The van der Waals surface area contributed by atoms with Crippen LogP contribution in [0, 0.1) is 0 Å². The molecule has 0 radical (unpaired) electrons. The molecule has 0 aliphatic heterocycles. The van der Waals surface area contributed by atoms with Gasteiger partial charge in [-0.05, 0) is 30.5 Å². The lowest BCUT2D eigenvalue weighted by atomic mass is 9.73. The second-order valence-electron chi connectivity index (χ2n) is 5.87. The number of rotatable bonds is 4. The molecule has 3 heteroatoms. The van der Waals surface area contributed by atoms with Crippen LogP contribution in [0.2, 0.25) is 0 Å². The molecule has 0 amide bonds. The number of hydrogen-bond acceptors (Lipinski definition) is 2. The van der Waals surface area contributed by atoms with E-state index >= 15 is 0 Å². The minimum absolute atomic E-state index is 0.105. The highest BCUT2D eigenvalue weighted by Gasteiger charge is 2.42. The Kier molecular flexibility index (Phi) is 3.80. The van der Waals surface area contributed by atoms with E-state index in [1.54, 1.807) is 12.1 Å². The number of benzene rings is 2. The summed E-state index contributed by atoms with van der Waals surface area (Å²) in [7, 11) is 0. The minimum atomic E-state index is -0.974. The van der Waals surface area contributed by atoms with Gasteiger partial charge in [-0.2, -0.15) is 0 Å². The van der Waals surface area contributed by atoms with Crippen molar-refractivity contribution in [1.82, 2.24) is 0 Å². The summed E-state index contributed by atoms with van der Waals surface area (Å²) in [5.41, 5.74) is 1.42. The molecule has 3 nitrogen and oxygen atoms in total. The predicted octanol–water partition coefficient (Wildman–Crippen LogP) is 4.08. The molecule has 2 aromatic rings. The fraction of sp³-hybridized carbons (Fsp3) is 0.263. The summed E-state index contributed by atoms with van der Waals surface area (Å²) in [4.78, 5) is 24.0. The van der Waals surface area contributed by atoms with Crippen LogP contribution >= 0.6 is 0 Å². The summed E-state index contributed by atoms with van der Waals surface area (Å²) in [5, 5.41) is 8.97. The van der Waals surface area contributed by atoms with E-state index in [4.69, 9.17) is 5.11 Å². The maximum atomic E-state index is 13.1. The van der Waals surface area contributed by atoms with E-state index in [0.717, 1.165) is 31.2 Å². The van der Waals surface area contributed by atoms with Crippen molar-refractivity contribution in [1.29, 1.82) is 0 Å². The van der Waals surface area contributed by atoms with Crippen molar-refractivity contribution in [3.8, 4) is 0 Å². The molecule has 112 valence electrons. The third-order valence-corrected chi connectivity index (χ3v) is 4.61. The van der Waals surface area contributed by atoms with Crippen molar-refractivity contribution in [2.45, 2.75) is 31.1 Å². The third-order valence-electron chi connectivity index (χ3n) is 4.61. The fourth-order valence-electron chi connectivity index (χ4n) is 3.42. The van der Waals surface area contributed by atoms with Crippen molar-refractivity contribution in [2.24, 2.45) is 0 Å². The molecule has 1 fully saturated rings. The molecule has 0 aromatic heterocycles. The minimum Gasteiger partial charge on any atom is -0.478 e. The van der Waals surface area contributed by atoms with Gasteiger partial charge in [0.2, 0.25) is 0 Å². The van der Waals surface area contributed by atoms with Gasteiger partial charge in [-0.1, -0.05) is 55.3 Å². The number of carboxylic acid groups (broad SMARTS) is 1. The van der Waals surface area contributed by atoms with E-state index in [2.05, 4.69) is 0 Å². The maximum absolute atomic E-state index is 13.1. The van der Waals surface area contributed by atoms with Gasteiger partial charge in [-0.3, -0.25) is 4.79 Å². The summed E-state index contributed by atoms with van der Waals surface area (Å²) < 4.78 is 0. The van der Waals surface area contributed by atoms with Crippen molar-refractivity contribution in [3.05, 3.63) is 71.3 Å². The quantitative estimate of drug-likeness (QED) is 0.864. The lowest BCUT2D eigenvalue weighted by Gasteiger charge is -2.28. The normalized spacial score (nSPS) is 16.4. The molecular weight excluding hydrogens is 276 g/mol. The summed E-state index contributed by atoms with van der Waals surface area (Å²) >= 11 is 0. The first kappa shape index (κ1) is 14.5. The van der Waals surface area contributed by atoms with Crippen LogP contribution in [0.5, 0.6) is 0 Å². The molecule has 0 bridgehead atoms. The average molecular weight is 294 g/mol. The van der Waals surface area contributed by atoms with Gasteiger partial charge in [0.15, 0.2) is 5.78 Å². The molecule has 0 heterocycles. The van der Waals surface area contributed by atoms with Gasteiger partial charge in [-0.15, -0.1) is 0 Å². The molecule has 0 unspecified atom stereocenters. The Hall–Kier alpha value is -2.42. The van der Waals surface area contributed by atoms with Gasteiger partial charge in [0.1, 0.15) is 0 Å². The molecule has 1 N–H and O–H groups in total. The van der Waals surface area contributed by atoms with E-state index in [0.29, 0.717) is 5.56 Å². The summed E-state index contributed by atoms with van der Waals surface area (Å²) in [6, 6.07) is 16.2. The van der Waals surface area contributed by atoms with Crippen molar-refractivity contribution >= 4 is 11.8 Å². The molecule has 1 saturated carbocycles. The maximum Gasteiger partial charge on any atom is 0.335 e. The number of carbonyl (C=O) groups is 2. The van der Waals surface area contributed by atoms with Crippen LogP contribution in [0.25, 0.3) is 0 Å². The van der Waals surface area contributed by atoms with E-state index in [-0.39, 0.29) is 11.3 Å². The number of aromatic carboxylic acids is 1. The molecule has 1 aliphatic carbocycles. The SMILES string of the molecule is O=C(O)c1ccc(C(=O)C2(c3ccccc3)CCCC2)cc1. The monoisotopic (exact) mass is 294 g/mol. The van der Waals surface area contributed by atoms with Crippen molar-refractivity contribution in [3.63, 3.8) is 0 Å². The van der Waals surface area contributed by atoms with Gasteiger partial charge in [0, 0.05) is 5.56 Å². The second-order valence-corrected chi connectivity index (χ2v) is 5.87. The van der Waals surface area contributed by atoms with Gasteiger partial charge >= 0.3 is 5.97 Å². The van der Waals surface area contributed by atoms with Gasteiger partial charge in [0.05, 0.1) is 11.0 Å². The second kappa shape index (κ2) is 5.76. The number of hydrogen-bond donors (Lipinski definition) is 1. The highest BCUT2D eigenvalue weighted by molar-refractivity contribution is 6.04. The first-order valence-corrected chi connectivity index (χ1v) is 7.57. The summed E-state index contributed by atoms with van der Waals surface area (Å²) in [5.74, 6) is -0.870. The lowest BCUT2D eigenvalue weighted by molar-refractivity contribution is 0.0696. The van der Waals surface area contributed by atoms with E-state index in [1.807, 2.05) is 30.3 Å². The number of carbonyl (C=O) groups excluding carboxylic acids is 1. The topological polar surface area (TPSA) is 54.4 Å². The molecule has 22 heavy (non-hydrogen) atoms. The van der Waals surface area contributed by atoms with Crippen molar-refractivity contribution < 1.29 is 14.7 Å². The molecule has 3 rings (SSSR count). The van der Waals surface area contributed by atoms with Crippen LogP contribution in [0.4, 0.5) is 0 Å². The summed E-state index contributed by atoms with van der Waals surface area (Å²) in [6.45, 7) is 0. The third kappa shape index (κ3) is 2.43. The van der Waals surface area contributed by atoms with Crippen LogP contribution in [0.15, 0.2) is 54.6 Å². The average Bonchev–Trinajstić information content (AvgIpc) is 3.06. The first-order valence-electron chi connectivity index (χ1n) is 7.57. The van der Waals surface area contributed by atoms with E-state index in [1.165, 1.54) is 12.1 Å². The first-order chi connectivity index (χ1) is 10.6. The Bertz CT molecular complexity index is 680. The molecule has 0 spiro atoms. The number of Topliss-reactive ketones (excluding diaryl/α,β-unsaturated/α-hetero) is 1. The molecule has 0 saturated heterocycles. The highest BCUT2D eigenvalue weighted by Crippen LogP contribution is 2.43. The van der Waals surface area contributed by atoms with Crippen molar-refractivity contribution in [2.75, 3.05) is 0 Å². The van der Waals surface area contributed by atoms with Crippen LogP contribution in [0.3, 0.4) is 0 Å². The molecule has 2 aromatic carbocycles.